The summed E-state index contributed by atoms with van der Waals surface area (Å²) in [7, 11) is 0. The average molecular weight is 292 g/mol. The van der Waals surface area contributed by atoms with Gasteiger partial charge in [0.25, 0.3) is 0 Å². The highest BCUT2D eigenvalue weighted by Crippen LogP contribution is 2.11. The van der Waals surface area contributed by atoms with Crippen molar-refractivity contribution in [3.8, 4) is 5.75 Å². The molecule has 6 nitrogen and oxygen atoms in total. The highest BCUT2D eigenvalue weighted by Gasteiger charge is 2.17. The van der Waals surface area contributed by atoms with Crippen molar-refractivity contribution in [3.05, 3.63) is 29.8 Å². The zero-order valence-corrected chi connectivity index (χ0v) is 10.2. The Labute approximate surface area is 111 Å². The van der Waals surface area contributed by atoms with Gasteiger partial charge in [0, 0.05) is 5.56 Å². The normalized spacial score (nSPS) is 11.4. The number of hydrogen-bond donors (Lipinski definition) is 2. The number of carbonyl (C=O) groups is 2. The van der Waals surface area contributed by atoms with Gasteiger partial charge in [0.05, 0.1) is 0 Å². The van der Waals surface area contributed by atoms with Crippen LogP contribution in [0.1, 0.15) is 5.56 Å². The molecule has 0 saturated heterocycles. The summed E-state index contributed by atoms with van der Waals surface area (Å²) in [4.78, 5) is 24.6. The fourth-order valence-corrected chi connectivity index (χ4v) is 1.04. The summed E-state index contributed by atoms with van der Waals surface area (Å²) in [5.74, 6) is -2.54. The van der Waals surface area contributed by atoms with Crippen LogP contribution < -0.4 is 0 Å². The molecule has 0 amide bonds. The maximum absolute atomic E-state index is 10.9. The second-order valence-corrected chi connectivity index (χ2v) is 4.10. The lowest BCUT2D eigenvalue weighted by Gasteiger charge is -2.02. The van der Waals surface area contributed by atoms with Crippen molar-refractivity contribution < 1.29 is 24.6 Å². The molecule has 18 heavy (non-hydrogen) atoms. The molecular formula is C10H7Cl2NO5. The van der Waals surface area contributed by atoms with E-state index in [1.165, 1.54) is 24.3 Å². The number of nitrogens with zero attached hydrogens (tertiary/aromatic N) is 1. The van der Waals surface area contributed by atoms with Crippen molar-refractivity contribution in [1.82, 2.24) is 0 Å². The number of oxime groups is 1. The SMILES string of the molecule is O=C(O)C(=NOC(=O)C(Cl)Cl)c1ccc(O)cc1. The molecule has 0 spiro atoms. The second kappa shape index (κ2) is 6.23. The Morgan fingerprint density at radius 1 is 1.22 bits per heavy atom. The molecule has 0 bridgehead atoms. The monoisotopic (exact) mass is 291 g/mol. The van der Waals surface area contributed by atoms with E-state index in [0.29, 0.717) is 0 Å². The minimum Gasteiger partial charge on any atom is -0.508 e. The summed E-state index contributed by atoms with van der Waals surface area (Å²) in [5, 5.41) is 21.1. The smallest absolute Gasteiger partial charge is 0.367 e. The standard InChI is InChI=1S/C10H7Cl2NO5/c11-8(12)10(17)18-13-7(9(15)16)5-1-3-6(14)4-2-5/h1-4,8,14H,(H,15,16). The number of carbonyl (C=O) groups excluding carboxylic acids is 1. The summed E-state index contributed by atoms with van der Waals surface area (Å²) in [6, 6.07) is 5.13. The van der Waals surface area contributed by atoms with E-state index in [1.54, 1.807) is 0 Å². The van der Waals surface area contributed by atoms with E-state index < -0.39 is 22.5 Å². The fraction of sp³-hybridized carbons (Fsp3) is 0.100. The molecular weight excluding hydrogens is 285 g/mol. The summed E-state index contributed by atoms with van der Waals surface area (Å²) in [6.45, 7) is 0. The largest absolute Gasteiger partial charge is 0.508 e. The first kappa shape index (κ1) is 14.3. The van der Waals surface area contributed by atoms with E-state index >= 15 is 0 Å². The van der Waals surface area contributed by atoms with Gasteiger partial charge in [-0.1, -0.05) is 28.4 Å². The molecule has 8 heteroatoms. The van der Waals surface area contributed by atoms with Gasteiger partial charge in [-0.2, -0.15) is 0 Å². The minimum atomic E-state index is -1.45. The number of alkyl halides is 2. The predicted octanol–water partition coefficient (Wildman–Crippen LogP) is 1.53. The molecule has 1 aromatic carbocycles. The third-order valence-electron chi connectivity index (χ3n) is 1.75. The number of aromatic hydroxyl groups is 1. The number of phenols is 1. The van der Waals surface area contributed by atoms with Gasteiger partial charge >= 0.3 is 11.9 Å². The Kier molecular flexibility index (Phi) is 4.94. The topological polar surface area (TPSA) is 96.2 Å². The van der Waals surface area contributed by atoms with Crippen molar-refractivity contribution in [2.45, 2.75) is 4.84 Å². The Bertz CT molecular complexity index is 484. The molecule has 0 aliphatic carbocycles. The number of halogens is 2. The number of aliphatic carboxylic acids is 1. The maximum atomic E-state index is 10.9. The van der Waals surface area contributed by atoms with E-state index in [0.717, 1.165) is 0 Å². The Balaban J connectivity index is 2.96. The fourth-order valence-electron chi connectivity index (χ4n) is 0.965. The molecule has 0 fully saturated rings. The molecule has 0 aromatic heterocycles. The van der Waals surface area contributed by atoms with Crippen LogP contribution in [-0.4, -0.2) is 32.7 Å². The molecule has 0 atom stereocenters. The molecule has 0 aliphatic rings. The van der Waals surface area contributed by atoms with Crippen LogP contribution in [0, 0.1) is 0 Å². The number of benzene rings is 1. The summed E-state index contributed by atoms with van der Waals surface area (Å²) in [5.41, 5.74) is -0.369. The van der Waals surface area contributed by atoms with Gasteiger partial charge in [0.2, 0.25) is 4.84 Å². The minimum absolute atomic E-state index is 0.0398. The van der Waals surface area contributed by atoms with E-state index in [-0.39, 0.29) is 11.3 Å². The number of phenolic OH excluding ortho intramolecular Hbond substituents is 1. The van der Waals surface area contributed by atoms with Crippen molar-refractivity contribution in [1.29, 1.82) is 0 Å². The lowest BCUT2D eigenvalue weighted by molar-refractivity contribution is -0.141. The van der Waals surface area contributed by atoms with Gasteiger partial charge in [0.15, 0.2) is 5.71 Å². The molecule has 0 saturated carbocycles. The number of hydrogen-bond acceptors (Lipinski definition) is 5. The Hall–Kier alpha value is -1.79. The summed E-state index contributed by atoms with van der Waals surface area (Å²) in [6.07, 6.45) is 0. The highest BCUT2D eigenvalue weighted by molar-refractivity contribution is 6.53. The molecule has 0 heterocycles. The van der Waals surface area contributed by atoms with Gasteiger partial charge in [-0.25, -0.2) is 9.59 Å². The van der Waals surface area contributed by atoms with Crippen LogP contribution in [0.4, 0.5) is 0 Å². The van der Waals surface area contributed by atoms with Gasteiger partial charge in [-0.3, -0.25) is 0 Å². The number of rotatable bonds is 4. The maximum Gasteiger partial charge on any atom is 0.367 e. The van der Waals surface area contributed by atoms with E-state index in [9.17, 15) is 9.59 Å². The van der Waals surface area contributed by atoms with E-state index in [1.807, 2.05) is 0 Å². The third kappa shape index (κ3) is 3.90. The van der Waals surface area contributed by atoms with Gasteiger partial charge < -0.3 is 15.1 Å². The van der Waals surface area contributed by atoms with Crippen molar-refractivity contribution in [2.75, 3.05) is 0 Å². The average Bonchev–Trinajstić information content (AvgIpc) is 2.30. The van der Waals surface area contributed by atoms with E-state index in [2.05, 4.69) is 9.99 Å². The molecule has 1 aromatic rings. The molecule has 0 aliphatic heterocycles. The quantitative estimate of drug-likeness (QED) is 0.379. The van der Waals surface area contributed by atoms with Crippen LogP contribution in [0.3, 0.4) is 0 Å². The lowest BCUT2D eigenvalue weighted by atomic mass is 10.1. The molecule has 96 valence electrons. The lowest BCUT2D eigenvalue weighted by Crippen LogP contribution is -2.17. The van der Waals surface area contributed by atoms with Crippen molar-refractivity contribution in [2.24, 2.45) is 5.16 Å². The molecule has 0 unspecified atom stereocenters. The Morgan fingerprint density at radius 2 is 1.78 bits per heavy atom. The van der Waals surface area contributed by atoms with Crippen LogP contribution in [0.5, 0.6) is 5.75 Å². The van der Waals surface area contributed by atoms with Gasteiger partial charge in [0.1, 0.15) is 5.75 Å². The zero-order chi connectivity index (χ0) is 13.7. The first-order valence-electron chi connectivity index (χ1n) is 4.51. The van der Waals surface area contributed by atoms with Crippen molar-refractivity contribution >= 4 is 40.9 Å². The van der Waals surface area contributed by atoms with E-state index in [4.69, 9.17) is 33.4 Å². The van der Waals surface area contributed by atoms with Crippen molar-refractivity contribution in [3.63, 3.8) is 0 Å². The molecule has 2 N–H and O–H groups in total. The predicted molar refractivity (Wildman–Crippen MR) is 63.9 cm³/mol. The first-order valence-corrected chi connectivity index (χ1v) is 5.39. The molecule has 1 rings (SSSR count). The number of carboxylic acids is 1. The third-order valence-corrected chi connectivity index (χ3v) is 2.10. The molecule has 0 radical (unpaired) electrons. The summed E-state index contributed by atoms with van der Waals surface area (Å²) >= 11 is 10.4. The van der Waals surface area contributed by atoms with Crippen LogP contribution >= 0.6 is 23.2 Å². The van der Waals surface area contributed by atoms with Crippen LogP contribution in [0.25, 0.3) is 0 Å². The summed E-state index contributed by atoms with van der Waals surface area (Å²) < 4.78 is 0. The van der Waals surface area contributed by atoms with Crippen LogP contribution in [0.15, 0.2) is 29.4 Å². The zero-order valence-electron chi connectivity index (χ0n) is 8.71. The van der Waals surface area contributed by atoms with Gasteiger partial charge in [-0.05, 0) is 24.3 Å². The number of carboxylic acid groups (broad SMARTS) is 1. The Morgan fingerprint density at radius 3 is 2.22 bits per heavy atom. The van der Waals surface area contributed by atoms with Crippen LogP contribution in [-0.2, 0) is 14.4 Å². The van der Waals surface area contributed by atoms with Crippen LogP contribution in [0.2, 0.25) is 0 Å². The highest BCUT2D eigenvalue weighted by atomic mass is 35.5. The van der Waals surface area contributed by atoms with Gasteiger partial charge in [-0.15, -0.1) is 0 Å². The second-order valence-electron chi connectivity index (χ2n) is 3.00. The first-order chi connectivity index (χ1) is 8.41.